The SMILES string of the molecule is CCNC(=O)N(CCN1CCCC1)C(=O)[C@@H]1C[C@@H]2CC(=O)CC[C@H]2N(C)C1. The van der Waals surface area contributed by atoms with E-state index in [4.69, 9.17) is 0 Å². The lowest BCUT2D eigenvalue weighted by Crippen LogP contribution is -2.55. The second-order valence-corrected chi connectivity index (χ2v) is 8.36. The number of hydrogen-bond donors (Lipinski definition) is 1. The third-order valence-electron chi connectivity index (χ3n) is 6.44. The van der Waals surface area contributed by atoms with Gasteiger partial charge < -0.3 is 15.1 Å². The third kappa shape index (κ3) is 4.88. The van der Waals surface area contributed by atoms with Gasteiger partial charge in [0.15, 0.2) is 0 Å². The van der Waals surface area contributed by atoms with Gasteiger partial charge in [0.25, 0.3) is 0 Å². The minimum atomic E-state index is -0.286. The molecule has 0 aromatic carbocycles. The van der Waals surface area contributed by atoms with Crippen LogP contribution in [0.25, 0.3) is 0 Å². The minimum Gasteiger partial charge on any atom is -0.338 e. The molecule has 27 heavy (non-hydrogen) atoms. The van der Waals surface area contributed by atoms with Gasteiger partial charge in [-0.15, -0.1) is 0 Å². The van der Waals surface area contributed by atoms with Crippen LogP contribution in [0.15, 0.2) is 0 Å². The molecule has 0 spiro atoms. The lowest BCUT2D eigenvalue weighted by molar-refractivity contribution is -0.138. The zero-order valence-electron chi connectivity index (χ0n) is 16.8. The maximum Gasteiger partial charge on any atom is 0.324 e. The molecule has 7 nitrogen and oxygen atoms in total. The van der Waals surface area contributed by atoms with E-state index in [0.717, 1.165) is 32.5 Å². The highest BCUT2D eigenvalue weighted by Crippen LogP contribution is 2.36. The summed E-state index contributed by atoms with van der Waals surface area (Å²) in [5.41, 5.74) is 0. The molecule has 0 unspecified atom stereocenters. The highest BCUT2D eigenvalue weighted by Gasteiger charge is 2.42. The Balaban J connectivity index is 1.66. The molecule has 7 heteroatoms. The molecular weight excluding hydrogens is 344 g/mol. The summed E-state index contributed by atoms with van der Waals surface area (Å²) in [4.78, 5) is 43.7. The van der Waals surface area contributed by atoms with Gasteiger partial charge in [0, 0.05) is 45.1 Å². The molecular formula is C20H34N4O3. The number of likely N-dealkylation sites (tertiary alicyclic amines) is 2. The summed E-state index contributed by atoms with van der Waals surface area (Å²) in [7, 11) is 2.05. The third-order valence-corrected chi connectivity index (χ3v) is 6.44. The van der Waals surface area contributed by atoms with Crippen LogP contribution in [-0.4, -0.2) is 84.8 Å². The molecule has 0 aromatic heterocycles. The molecule has 2 heterocycles. The summed E-state index contributed by atoms with van der Waals surface area (Å²) < 4.78 is 0. The number of fused-ring (bicyclic) bond motifs is 1. The Morgan fingerprint density at radius 1 is 1.26 bits per heavy atom. The van der Waals surface area contributed by atoms with Crippen LogP contribution in [0.5, 0.6) is 0 Å². The van der Waals surface area contributed by atoms with Crippen molar-refractivity contribution in [1.29, 1.82) is 0 Å². The lowest BCUT2D eigenvalue weighted by Gasteiger charge is -2.45. The number of hydrogen-bond acceptors (Lipinski definition) is 5. The molecule has 2 aliphatic heterocycles. The van der Waals surface area contributed by atoms with Crippen molar-refractivity contribution in [3.05, 3.63) is 0 Å². The standard InChI is InChI=1S/C20H34N4O3/c1-3-21-20(27)24(11-10-23-8-4-5-9-23)19(26)16-12-15-13-17(25)6-7-18(15)22(2)14-16/h15-16,18H,3-14H2,1-2H3,(H,21,27)/t15-,16-,18-/m1/s1. The van der Waals surface area contributed by atoms with Crippen molar-refractivity contribution in [3.8, 4) is 0 Å². The van der Waals surface area contributed by atoms with E-state index in [1.165, 1.54) is 17.7 Å². The Morgan fingerprint density at radius 2 is 2.00 bits per heavy atom. The van der Waals surface area contributed by atoms with E-state index in [0.29, 0.717) is 44.3 Å². The fourth-order valence-electron chi connectivity index (χ4n) is 5.02. The molecule has 3 rings (SSSR count). The van der Waals surface area contributed by atoms with Gasteiger partial charge >= 0.3 is 6.03 Å². The van der Waals surface area contributed by atoms with Gasteiger partial charge in [0.2, 0.25) is 5.91 Å². The zero-order chi connectivity index (χ0) is 19.4. The van der Waals surface area contributed by atoms with Gasteiger partial charge in [-0.05, 0) is 58.7 Å². The maximum absolute atomic E-state index is 13.3. The molecule has 2 saturated heterocycles. The van der Waals surface area contributed by atoms with E-state index in [-0.39, 0.29) is 23.8 Å². The molecule has 3 aliphatic rings. The number of ketones is 1. The second kappa shape index (κ2) is 9.15. The van der Waals surface area contributed by atoms with E-state index in [1.807, 2.05) is 14.0 Å². The second-order valence-electron chi connectivity index (χ2n) is 8.36. The number of urea groups is 1. The van der Waals surface area contributed by atoms with Crippen molar-refractivity contribution in [2.75, 3.05) is 46.3 Å². The zero-order valence-corrected chi connectivity index (χ0v) is 16.8. The number of nitrogens with zero attached hydrogens (tertiary/aromatic N) is 3. The molecule has 3 amide bonds. The van der Waals surface area contributed by atoms with Gasteiger partial charge in [-0.25, -0.2) is 4.79 Å². The molecule has 0 bridgehead atoms. The number of imide groups is 1. The van der Waals surface area contributed by atoms with E-state index in [1.54, 1.807) is 0 Å². The minimum absolute atomic E-state index is 0.0801. The molecule has 0 radical (unpaired) electrons. The topological polar surface area (TPSA) is 73.0 Å². The number of carbonyl (C=O) groups is 3. The number of Topliss-reactive ketones (excluding diaryl/α,β-unsaturated/α-hetero) is 1. The van der Waals surface area contributed by atoms with Crippen molar-refractivity contribution < 1.29 is 14.4 Å². The molecule has 0 aromatic rings. The predicted octanol–water partition coefficient (Wildman–Crippen LogP) is 1.33. The van der Waals surface area contributed by atoms with Crippen LogP contribution >= 0.6 is 0 Å². The van der Waals surface area contributed by atoms with Crippen LogP contribution < -0.4 is 5.32 Å². The van der Waals surface area contributed by atoms with E-state index in [2.05, 4.69) is 15.1 Å². The number of carbonyl (C=O) groups excluding carboxylic acids is 3. The van der Waals surface area contributed by atoms with Crippen molar-refractivity contribution in [2.45, 2.75) is 51.5 Å². The number of amides is 3. The van der Waals surface area contributed by atoms with Gasteiger partial charge in [0.1, 0.15) is 5.78 Å². The highest BCUT2D eigenvalue weighted by molar-refractivity contribution is 5.95. The summed E-state index contributed by atoms with van der Waals surface area (Å²) in [6.07, 6.45) is 5.24. The fraction of sp³-hybridized carbons (Fsp3) is 0.850. The van der Waals surface area contributed by atoms with Crippen molar-refractivity contribution in [3.63, 3.8) is 0 Å². The first-order valence-corrected chi connectivity index (χ1v) is 10.5. The van der Waals surface area contributed by atoms with Crippen LogP contribution in [0.3, 0.4) is 0 Å². The summed E-state index contributed by atoms with van der Waals surface area (Å²) in [5, 5.41) is 2.80. The Morgan fingerprint density at radius 3 is 2.70 bits per heavy atom. The van der Waals surface area contributed by atoms with Crippen LogP contribution in [0.2, 0.25) is 0 Å². The Hall–Kier alpha value is -1.47. The van der Waals surface area contributed by atoms with Crippen molar-refractivity contribution in [1.82, 2.24) is 20.0 Å². The largest absolute Gasteiger partial charge is 0.338 e. The summed E-state index contributed by atoms with van der Waals surface area (Å²) in [6.45, 7) is 6.34. The molecule has 1 N–H and O–H groups in total. The maximum atomic E-state index is 13.3. The first-order valence-electron chi connectivity index (χ1n) is 10.5. The van der Waals surface area contributed by atoms with Crippen LogP contribution in [0.1, 0.15) is 45.4 Å². The van der Waals surface area contributed by atoms with Gasteiger partial charge in [-0.3, -0.25) is 14.5 Å². The van der Waals surface area contributed by atoms with E-state index in [9.17, 15) is 14.4 Å². The molecule has 3 atom stereocenters. The smallest absolute Gasteiger partial charge is 0.324 e. The fourth-order valence-corrected chi connectivity index (χ4v) is 5.02. The van der Waals surface area contributed by atoms with Crippen molar-refractivity contribution in [2.24, 2.45) is 11.8 Å². The normalized spacial score (nSPS) is 29.4. The van der Waals surface area contributed by atoms with E-state index < -0.39 is 0 Å². The molecule has 152 valence electrons. The van der Waals surface area contributed by atoms with Crippen LogP contribution in [-0.2, 0) is 9.59 Å². The van der Waals surface area contributed by atoms with Gasteiger partial charge in [0.05, 0.1) is 5.92 Å². The quantitative estimate of drug-likeness (QED) is 0.781. The first kappa shape index (κ1) is 20.3. The first-order chi connectivity index (χ1) is 13.0. The Bertz CT molecular complexity index is 561. The van der Waals surface area contributed by atoms with Gasteiger partial charge in [-0.1, -0.05) is 0 Å². The highest BCUT2D eigenvalue weighted by atomic mass is 16.2. The molecule has 1 aliphatic carbocycles. The Kier molecular flexibility index (Phi) is 6.87. The lowest BCUT2D eigenvalue weighted by atomic mass is 9.74. The number of piperidine rings is 1. The summed E-state index contributed by atoms with van der Waals surface area (Å²) in [5.74, 6) is 0.271. The molecule has 1 saturated carbocycles. The average Bonchev–Trinajstić information content (AvgIpc) is 3.15. The monoisotopic (exact) mass is 378 g/mol. The number of rotatable bonds is 5. The van der Waals surface area contributed by atoms with Crippen LogP contribution in [0.4, 0.5) is 4.79 Å². The van der Waals surface area contributed by atoms with Gasteiger partial charge in [-0.2, -0.15) is 0 Å². The van der Waals surface area contributed by atoms with Crippen LogP contribution in [0, 0.1) is 11.8 Å². The Labute approximate surface area is 162 Å². The predicted molar refractivity (Wildman–Crippen MR) is 103 cm³/mol. The van der Waals surface area contributed by atoms with E-state index >= 15 is 0 Å². The summed E-state index contributed by atoms with van der Waals surface area (Å²) >= 11 is 0. The number of nitrogens with one attached hydrogen (secondary N) is 1. The average molecular weight is 379 g/mol. The summed E-state index contributed by atoms with van der Waals surface area (Å²) in [6, 6.07) is 0.112. The molecule has 3 fully saturated rings. The van der Waals surface area contributed by atoms with Crippen molar-refractivity contribution >= 4 is 17.7 Å².